The standard InChI is InChI=1S/C14H15BrClNO/c15-11-6-9(7-16)5-10-12(11)14(3-1-2-4-14)8-17-13(10)18/h5-6H,1-4,7-8H2,(H,17,18). The highest BCUT2D eigenvalue weighted by atomic mass is 79.9. The summed E-state index contributed by atoms with van der Waals surface area (Å²) in [6.45, 7) is 0.775. The topological polar surface area (TPSA) is 29.1 Å². The second-order valence-electron chi connectivity index (χ2n) is 5.30. The monoisotopic (exact) mass is 327 g/mol. The lowest BCUT2D eigenvalue weighted by atomic mass is 9.74. The van der Waals surface area contributed by atoms with E-state index < -0.39 is 0 Å². The molecule has 18 heavy (non-hydrogen) atoms. The van der Waals surface area contributed by atoms with E-state index in [1.165, 1.54) is 31.2 Å². The summed E-state index contributed by atoms with van der Waals surface area (Å²) < 4.78 is 1.05. The van der Waals surface area contributed by atoms with Crippen molar-refractivity contribution in [2.45, 2.75) is 37.0 Å². The Balaban J connectivity index is 2.20. The Bertz CT molecular complexity index is 509. The molecule has 1 saturated carbocycles. The summed E-state index contributed by atoms with van der Waals surface area (Å²) in [6.07, 6.45) is 4.83. The fraction of sp³-hybridized carbons (Fsp3) is 0.500. The summed E-state index contributed by atoms with van der Waals surface area (Å²) in [5, 5.41) is 3.05. The highest BCUT2D eigenvalue weighted by molar-refractivity contribution is 9.10. The van der Waals surface area contributed by atoms with E-state index in [4.69, 9.17) is 11.6 Å². The third kappa shape index (κ3) is 1.79. The van der Waals surface area contributed by atoms with Gasteiger partial charge in [-0.3, -0.25) is 4.79 Å². The number of hydrogen-bond donors (Lipinski definition) is 1. The smallest absolute Gasteiger partial charge is 0.251 e. The Morgan fingerprint density at radius 1 is 1.33 bits per heavy atom. The molecule has 1 aliphatic heterocycles. The number of benzene rings is 1. The Morgan fingerprint density at radius 3 is 2.72 bits per heavy atom. The second-order valence-corrected chi connectivity index (χ2v) is 6.43. The average molecular weight is 329 g/mol. The van der Waals surface area contributed by atoms with E-state index in [0.717, 1.165) is 22.1 Å². The van der Waals surface area contributed by atoms with Gasteiger partial charge in [-0.2, -0.15) is 0 Å². The van der Waals surface area contributed by atoms with Crippen LogP contribution in [0.4, 0.5) is 0 Å². The summed E-state index contributed by atoms with van der Waals surface area (Å²) in [4.78, 5) is 12.1. The molecule has 1 amide bonds. The van der Waals surface area contributed by atoms with E-state index in [1.807, 2.05) is 6.07 Å². The van der Waals surface area contributed by atoms with Crippen LogP contribution in [-0.4, -0.2) is 12.5 Å². The Morgan fingerprint density at radius 2 is 2.06 bits per heavy atom. The number of carbonyl (C=O) groups excluding carboxylic acids is 1. The number of alkyl halides is 1. The molecule has 0 unspecified atom stereocenters. The van der Waals surface area contributed by atoms with Gasteiger partial charge >= 0.3 is 0 Å². The van der Waals surface area contributed by atoms with Crippen molar-refractivity contribution in [3.8, 4) is 0 Å². The van der Waals surface area contributed by atoms with Gasteiger partial charge in [-0.15, -0.1) is 11.6 Å². The summed E-state index contributed by atoms with van der Waals surface area (Å²) in [5.41, 5.74) is 3.16. The van der Waals surface area contributed by atoms with Crippen LogP contribution in [0, 0.1) is 0 Å². The molecule has 1 aromatic rings. The molecule has 0 radical (unpaired) electrons. The van der Waals surface area contributed by atoms with E-state index >= 15 is 0 Å². The number of rotatable bonds is 1. The highest BCUT2D eigenvalue weighted by Crippen LogP contribution is 2.47. The highest BCUT2D eigenvalue weighted by Gasteiger charge is 2.42. The summed E-state index contributed by atoms with van der Waals surface area (Å²) in [6, 6.07) is 4.01. The predicted molar refractivity (Wildman–Crippen MR) is 76.2 cm³/mol. The Hall–Kier alpha value is -0.540. The number of amides is 1. The van der Waals surface area contributed by atoms with Crippen molar-refractivity contribution in [3.63, 3.8) is 0 Å². The lowest BCUT2D eigenvalue weighted by molar-refractivity contribution is 0.0924. The van der Waals surface area contributed by atoms with Crippen molar-refractivity contribution in [2.24, 2.45) is 0 Å². The molecule has 1 aromatic carbocycles. The van der Waals surface area contributed by atoms with Gasteiger partial charge in [0, 0.05) is 27.9 Å². The number of carbonyl (C=O) groups is 1. The third-order valence-electron chi connectivity index (χ3n) is 4.23. The minimum Gasteiger partial charge on any atom is -0.351 e. The van der Waals surface area contributed by atoms with Crippen molar-refractivity contribution in [3.05, 3.63) is 33.3 Å². The van der Waals surface area contributed by atoms with E-state index in [0.29, 0.717) is 5.88 Å². The minimum absolute atomic E-state index is 0.0372. The molecule has 0 bridgehead atoms. The lowest BCUT2D eigenvalue weighted by Gasteiger charge is -2.36. The number of nitrogens with one attached hydrogen (secondary N) is 1. The van der Waals surface area contributed by atoms with E-state index in [2.05, 4.69) is 27.3 Å². The second kappa shape index (κ2) is 4.53. The third-order valence-corrected chi connectivity index (χ3v) is 5.16. The Labute approximate surface area is 120 Å². The van der Waals surface area contributed by atoms with Crippen LogP contribution in [0.1, 0.15) is 47.2 Å². The molecule has 96 valence electrons. The van der Waals surface area contributed by atoms with Crippen molar-refractivity contribution in [1.82, 2.24) is 5.32 Å². The van der Waals surface area contributed by atoms with Crippen LogP contribution in [-0.2, 0) is 11.3 Å². The van der Waals surface area contributed by atoms with Crippen molar-refractivity contribution in [1.29, 1.82) is 0 Å². The van der Waals surface area contributed by atoms with Gasteiger partial charge in [-0.05, 0) is 36.1 Å². The quantitative estimate of drug-likeness (QED) is 0.782. The first-order valence-corrected chi connectivity index (χ1v) is 7.66. The van der Waals surface area contributed by atoms with E-state index in [9.17, 15) is 4.79 Å². The van der Waals surface area contributed by atoms with Gasteiger partial charge in [0.2, 0.25) is 0 Å². The fourth-order valence-electron chi connectivity index (χ4n) is 3.37. The molecule has 1 heterocycles. The first kappa shape index (κ1) is 12.5. The maximum atomic E-state index is 12.1. The predicted octanol–water partition coefficient (Wildman–Crippen LogP) is 3.74. The van der Waals surface area contributed by atoms with Gasteiger partial charge < -0.3 is 5.32 Å². The SMILES string of the molecule is O=C1NCC2(CCCC2)c2c(Br)cc(CCl)cc21. The van der Waals surface area contributed by atoms with Crippen LogP contribution in [0.2, 0.25) is 0 Å². The number of fused-ring (bicyclic) bond motifs is 2. The normalized spacial score (nSPS) is 20.9. The van der Waals surface area contributed by atoms with Crippen molar-refractivity contribution >= 4 is 33.4 Å². The lowest BCUT2D eigenvalue weighted by Crippen LogP contribution is -2.45. The molecule has 4 heteroatoms. The van der Waals surface area contributed by atoms with Crippen LogP contribution in [0.15, 0.2) is 16.6 Å². The number of hydrogen-bond acceptors (Lipinski definition) is 1. The molecule has 1 aliphatic carbocycles. The Kier molecular flexibility index (Phi) is 3.15. The summed E-state index contributed by atoms with van der Waals surface area (Å²) >= 11 is 9.54. The van der Waals surface area contributed by atoms with Gasteiger partial charge in [0.25, 0.3) is 5.91 Å². The van der Waals surface area contributed by atoms with Crippen LogP contribution in [0.25, 0.3) is 0 Å². The number of halogens is 2. The van der Waals surface area contributed by atoms with Gasteiger partial charge in [-0.25, -0.2) is 0 Å². The van der Waals surface area contributed by atoms with Crippen LogP contribution in [0.3, 0.4) is 0 Å². The molecular weight excluding hydrogens is 314 g/mol. The van der Waals surface area contributed by atoms with Crippen LogP contribution in [0.5, 0.6) is 0 Å². The van der Waals surface area contributed by atoms with Crippen LogP contribution >= 0.6 is 27.5 Å². The first-order chi connectivity index (χ1) is 8.66. The van der Waals surface area contributed by atoms with Crippen LogP contribution < -0.4 is 5.32 Å². The summed E-state index contributed by atoms with van der Waals surface area (Å²) in [7, 11) is 0. The van der Waals surface area contributed by atoms with Crippen molar-refractivity contribution < 1.29 is 4.79 Å². The maximum absolute atomic E-state index is 12.1. The zero-order valence-electron chi connectivity index (χ0n) is 10.1. The zero-order chi connectivity index (χ0) is 12.8. The molecule has 0 saturated heterocycles. The first-order valence-electron chi connectivity index (χ1n) is 6.33. The molecule has 2 nitrogen and oxygen atoms in total. The van der Waals surface area contributed by atoms with Gasteiger partial charge in [-0.1, -0.05) is 28.8 Å². The molecule has 2 aliphatic rings. The average Bonchev–Trinajstić information content (AvgIpc) is 2.83. The van der Waals surface area contributed by atoms with Gasteiger partial charge in [0.15, 0.2) is 0 Å². The molecule has 1 N–H and O–H groups in total. The molecule has 0 aromatic heterocycles. The minimum atomic E-state index is 0.0372. The van der Waals surface area contributed by atoms with Crippen molar-refractivity contribution in [2.75, 3.05) is 6.54 Å². The molecule has 3 rings (SSSR count). The van der Waals surface area contributed by atoms with Gasteiger partial charge in [0.05, 0.1) is 0 Å². The van der Waals surface area contributed by atoms with Gasteiger partial charge in [0.1, 0.15) is 0 Å². The largest absolute Gasteiger partial charge is 0.351 e. The molecular formula is C14H15BrClNO. The maximum Gasteiger partial charge on any atom is 0.251 e. The van der Waals surface area contributed by atoms with E-state index in [1.54, 1.807) is 0 Å². The molecule has 1 fully saturated rings. The zero-order valence-corrected chi connectivity index (χ0v) is 12.4. The van der Waals surface area contributed by atoms with E-state index in [-0.39, 0.29) is 11.3 Å². The molecule has 1 spiro atoms. The molecule has 0 atom stereocenters. The fourth-order valence-corrected chi connectivity index (χ4v) is 4.45. The summed E-state index contributed by atoms with van der Waals surface area (Å²) in [5.74, 6) is 0.474.